The van der Waals surface area contributed by atoms with Crippen LogP contribution in [0.15, 0.2) is 60.7 Å². The van der Waals surface area contributed by atoms with Gasteiger partial charge in [0.1, 0.15) is 0 Å². The van der Waals surface area contributed by atoms with Crippen molar-refractivity contribution >= 4 is 38.4 Å². The molecule has 0 bridgehead atoms. The fraction of sp³-hybridized carbons (Fsp3) is 0.333. The topological polar surface area (TPSA) is 27.7 Å². The van der Waals surface area contributed by atoms with E-state index in [0.717, 1.165) is 0 Å². The summed E-state index contributed by atoms with van der Waals surface area (Å²) in [6.07, 6.45) is 0. The molecule has 0 amide bonds. The first-order chi connectivity index (χ1) is 10.9. The Bertz CT molecular complexity index is 532. The zero-order valence-corrected chi connectivity index (χ0v) is 20.1. The van der Waals surface area contributed by atoms with Gasteiger partial charge < -0.3 is 0 Å². The maximum atomic E-state index is 6.44. The summed E-state index contributed by atoms with van der Waals surface area (Å²) < 4.78 is 18.8. The molecule has 0 heterocycles. The molecule has 0 radical (unpaired) electrons. The Kier molecular flexibility index (Phi) is 7.41. The molecule has 23 heavy (non-hydrogen) atoms. The molecule has 124 valence electrons. The molecule has 0 saturated heterocycles. The van der Waals surface area contributed by atoms with Crippen LogP contribution in [0, 0.1) is 0 Å². The standard InChI is InChI=1S/2C7H7O.4CH3.O.2Sn/c2*8-6-7-4-2-1-3-5-7;;;;;;;/h2*1-5H,6H2;4*1H3;;;/q2*-1;;;;;;2*+1. The van der Waals surface area contributed by atoms with Gasteiger partial charge in [-0.3, -0.25) is 0 Å². The molecule has 0 saturated carbocycles. The van der Waals surface area contributed by atoms with Gasteiger partial charge in [-0.2, -0.15) is 0 Å². The van der Waals surface area contributed by atoms with E-state index in [1.54, 1.807) is 0 Å². The predicted octanol–water partition coefficient (Wildman–Crippen LogP) is 4.84. The van der Waals surface area contributed by atoms with Gasteiger partial charge in [0, 0.05) is 0 Å². The van der Waals surface area contributed by atoms with Crippen molar-refractivity contribution in [1.82, 2.24) is 0 Å². The van der Waals surface area contributed by atoms with Crippen LogP contribution in [0.3, 0.4) is 0 Å². The van der Waals surface area contributed by atoms with Gasteiger partial charge in [0.2, 0.25) is 0 Å². The third-order valence-corrected chi connectivity index (χ3v) is 29.8. The number of hydrogen-bond acceptors (Lipinski definition) is 3. The summed E-state index contributed by atoms with van der Waals surface area (Å²) in [5.74, 6) is 0. The number of benzene rings is 2. The summed E-state index contributed by atoms with van der Waals surface area (Å²) in [4.78, 5) is 8.68. The first kappa shape index (κ1) is 19.2. The summed E-state index contributed by atoms with van der Waals surface area (Å²) in [7, 11) is 0. The second-order valence-corrected chi connectivity index (χ2v) is 28.6. The molecule has 0 aliphatic heterocycles. The zero-order valence-electron chi connectivity index (χ0n) is 14.4. The van der Waals surface area contributed by atoms with Crippen LogP contribution < -0.4 is 0 Å². The summed E-state index contributed by atoms with van der Waals surface area (Å²) in [5, 5.41) is 0. The average molecular weight is 528 g/mol. The van der Waals surface area contributed by atoms with Gasteiger partial charge in [-0.25, -0.2) is 0 Å². The van der Waals surface area contributed by atoms with Gasteiger partial charge in [0.05, 0.1) is 0 Å². The molecule has 2 aromatic carbocycles. The first-order valence-electron chi connectivity index (χ1n) is 7.92. The monoisotopic (exact) mass is 530 g/mol. The molecular weight excluding hydrogens is 502 g/mol. The average Bonchev–Trinajstić information content (AvgIpc) is 2.52. The summed E-state index contributed by atoms with van der Waals surface area (Å²) in [5.41, 5.74) is 2.39. The molecule has 0 spiro atoms. The van der Waals surface area contributed by atoms with Crippen LogP contribution in [-0.2, 0) is 20.8 Å². The van der Waals surface area contributed by atoms with Gasteiger partial charge >= 0.3 is 151 Å². The van der Waals surface area contributed by atoms with Crippen LogP contribution in [0.4, 0.5) is 0 Å². The Labute approximate surface area is 149 Å². The van der Waals surface area contributed by atoms with Crippen molar-refractivity contribution in [2.24, 2.45) is 0 Å². The van der Waals surface area contributed by atoms with E-state index in [1.807, 2.05) is 36.4 Å². The molecule has 0 unspecified atom stereocenters. The van der Waals surface area contributed by atoms with E-state index < -0.39 is 38.4 Å². The van der Waals surface area contributed by atoms with Crippen molar-refractivity contribution < 1.29 is 7.56 Å². The second-order valence-electron chi connectivity index (χ2n) is 6.45. The molecule has 0 aromatic heterocycles. The van der Waals surface area contributed by atoms with Crippen LogP contribution in [0.25, 0.3) is 0 Å². The van der Waals surface area contributed by atoms with Crippen LogP contribution >= 0.6 is 0 Å². The van der Waals surface area contributed by atoms with Gasteiger partial charge in [-0.1, -0.05) is 0 Å². The van der Waals surface area contributed by atoms with Crippen LogP contribution in [0.1, 0.15) is 11.1 Å². The minimum atomic E-state index is -2.98. The molecule has 5 heteroatoms. The van der Waals surface area contributed by atoms with E-state index >= 15 is 0 Å². The normalized spacial score (nSPS) is 12.3. The molecule has 0 aliphatic carbocycles. The van der Waals surface area contributed by atoms with E-state index in [9.17, 15) is 0 Å². The van der Waals surface area contributed by atoms with E-state index in [1.165, 1.54) is 11.1 Å². The zero-order chi connectivity index (χ0) is 16.8. The fourth-order valence-electron chi connectivity index (χ4n) is 2.31. The van der Waals surface area contributed by atoms with Crippen LogP contribution in [0.2, 0.25) is 19.8 Å². The van der Waals surface area contributed by atoms with Crippen LogP contribution in [0.5, 0.6) is 0 Å². The van der Waals surface area contributed by atoms with Gasteiger partial charge in [-0.05, 0) is 0 Å². The predicted molar refractivity (Wildman–Crippen MR) is 98.5 cm³/mol. The minimum absolute atomic E-state index is 0.630. The molecule has 0 atom stereocenters. The molecule has 0 fully saturated rings. The molecule has 3 nitrogen and oxygen atoms in total. The Morgan fingerprint density at radius 2 is 0.957 bits per heavy atom. The van der Waals surface area contributed by atoms with Crippen LogP contribution in [-0.4, -0.2) is 38.4 Å². The van der Waals surface area contributed by atoms with E-state index in [-0.39, 0.29) is 0 Å². The van der Waals surface area contributed by atoms with E-state index in [0.29, 0.717) is 13.2 Å². The maximum absolute atomic E-state index is 6.44. The third-order valence-electron chi connectivity index (χ3n) is 3.35. The molecule has 0 aliphatic rings. The van der Waals surface area contributed by atoms with E-state index in [2.05, 4.69) is 44.0 Å². The molecule has 2 aromatic rings. The van der Waals surface area contributed by atoms with E-state index in [4.69, 9.17) is 7.56 Å². The summed E-state index contributed by atoms with van der Waals surface area (Å²) in [6.45, 7) is 1.26. The van der Waals surface area contributed by atoms with Crippen molar-refractivity contribution in [2.45, 2.75) is 33.0 Å². The number of hydrogen-bond donors (Lipinski definition) is 0. The van der Waals surface area contributed by atoms with Crippen molar-refractivity contribution in [2.75, 3.05) is 0 Å². The second kappa shape index (κ2) is 8.85. The summed E-state index contributed by atoms with van der Waals surface area (Å²) in [6, 6.07) is 20.5. The van der Waals surface area contributed by atoms with Crippen molar-refractivity contribution in [3.05, 3.63) is 71.8 Å². The number of rotatable bonds is 8. The Morgan fingerprint density at radius 1 is 0.609 bits per heavy atom. The third kappa shape index (κ3) is 7.56. The SMILES string of the molecule is [CH3][Sn]([CH3])([O]Cc1ccccc1)[O][Sn]([CH3])([CH3])[O]Cc1ccccc1. The Balaban J connectivity index is 1.84. The fourth-order valence-corrected chi connectivity index (χ4v) is 33.9. The van der Waals surface area contributed by atoms with Crippen molar-refractivity contribution in [3.8, 4) is 0 Å². The van der Waals surface area contributed by atoms with Gasteiger partial charge in [0.15, 0.2) is 0 Å². The van der Waals surface area contributed by atoms with Crippen molar-refractivity contribution in [3.63, 3.8) is 0 Å². The first-order valence-corrected chi connectivity index (χ1v) is 24.0. The molecule has 2 rings (SSSR count). The quantitative estimate of drug-likeness (QED) is 0.460. The van der Waals surface area contributed by atoms with Gasteiger partial charge in [-0.15, -0.1) is 0 Å². The Hall–Kier alpha value is -0.0826. The Morgan fingerprint density at radius 3 is 1.30 bits per heavy atom. The van der Waals surface area contributed by atoms with Crippen molar-refractivity contribution in [1.29, 1.82) is 0 Å². The summed E-state index contributed by atoms with van der Waals surface area (Å²) >= 11 is -5.96. The molecular formula is C18H26O3Sn2. The molecule has 0 N–H and O–H groups in total. The van der Waals surface area contributed by atoms with Gasteiger partial charge in [0.25, 0.3) is 0 Å².